The first-order valence-electron chi connectivity index (χ1n) is 6.05. The van der Waals surface area contributed by atoms with E-state index < -0.39 is 0 Å². The maximum atomic E-state index is 10.2. The van der Waals surface area contributed by atoms with Crippen LogP contribution in [0.25, 0.3) is 0 Å². The van der Waals surface area contributed by atoms with Crippen LogP contribution in [0.1, 0.15) is 24.8 Å². The van der Waals surface area contributed by atoms with E-state index in [2.05, 4.69) is 4.98 Å². The number of fused-ring (bicyclic) bond motifs is 2. The molecule has 16 heavy (non-hydrogen) atoms. The molecule has 0 saturated carbocycles. The van der Waals surface area contributed by atoms with E-state index in [1.54, 1.807) is 6.20 Å². The molecule has 1 N–H and O–H groups in total. The molecule has 2 fully saturated rings. The zero-order valence-electron chi connectivity index (χ0n) is 9.25. The fourth-order valence-corrected chi connectivity index (χ4v) is 2.99. The molecule has 3 rings (SSSR count). The molecule has 3 heterocycles. The highest BCUT2D eigenvalue weighted by Gasteiger charge is 2.43. The van der Waals surface area contributed by atoms with Gasteiger partial charge >= 0.3 is 0 Å². The van der Waals surface area contributed by atoms with Crippen LogP contribution in [0, 0.1) is 5.92 Å². The smallest absolute Gasteiger partial charge is 0.0634 e. The second-order valence-electron chi connectivity index (χ2n) is 4.91. The molecule has 0 radical (unpaired) electrons. The summed E-state index contributed by atoms with van der Waals surface area (Å²) in [5.41, 5.74) is 1.11. The molecule has 0 spiro atoms. The van der Waals surface area contributed by atoms with Crippen LogP contribution in [-0.2, 0) is 11.2 Å². The Kier molecular flexibility index (Phi) is 2.65. The van der Waals surface area contributed by atoms with Crippen molar-refractivity contribution < 1.29 is 9.84 Å². The minimum Gasteiger partial charge on any atom is -0.392 e. The molecule has 2 saturated heterocycles. The predicted molar refractivity (Wildman–Crippen MR) is 59.9 cm³/mol. The van der Waals surface area contributed by atoms with E-state index in [-0.39, 0.29) is 6.10 Å². The average Bonchev–Trinajstić information content (AvgIpc) is 2.92. The van der Waals surface area contributed by atoms with Gasteiger partial charge in [0.25, 0.3) is 0 Å². The number of rotatable bonds is 3. The van der Waals surface area contributed by atoms with Crippen LogP contribution in [0.3, 0.4) is 0 Å². The maximum absolute atomic E-state index is 10.2. The quantitative estimate of drug-likeness (QED) is 0.838. The number of aliphatic hydroxyl groups is 1. The Morgan fingerprint density at radius 2 is 2.44 bits per heavy atom. The van der Waals surface area contributed by atoms with E-state index in [9.17, 15) is 5.11 Å². The predicted octanol–water partition coefficient (Wildman–Crippen LogP) is 1.55. The average molecular weight is 219 g/mol. The van der Waals surface area contributed by atoms with Gasteiger partial charge in [-0.3, -0.25) is 4.98 Å². The van der Waals surface area contributed by atoms with Crippen molar-refractivity contribution in [3.63, 3.8) is 0 Å². The second-order valence-corrected chi connectivity index (χ2v) is 4.91. The van der Waals surface area contributed by atoms with Crippen molar-refractivity contribution in [1.82, 2.24) is 4.98 Å². The first-order valence-corrected chi connectivity index (χ1v) is 6.05. The lowest BCUT2D eigenvalue weighted by Gasteiger charge is -2.24. The number of nitrogens with zero attached hydrogens (tertiary/aromatic N) is 1. The van der Waals surface area contributed by atoms with Crippen molar-refractivity contribution in [2.45, 2.75) is 44.0 Å². The van der Waals surface area contributed by atoms with E-state index in [1.165, 1.54) is 6.42 Å². The lowest BCUT2D eigenvalue weighted by molar-refractivity contribution is 0.0431. The lowest BCUT2D eigenvalue weighted by atomic mass is 9.83. The van der Waals surface area contributed by atoms with Gasteiger partial charge in [0.05, 0.1) is 18.3 Å². The van der Waals surface area contributed by atoms with Crippen molar-refractivity contribution in [3.8, 4) is 0 Å². The number of aromatic nitrogens is 1. The van der Waals surface area contributed by atoms with Gasteiger partial charge in [0.1, 0.15) is 0 Å². The van der Waals surface area contributed by atoms with E-state index >= 15 is 0 Å². The molecule has 0 amide bonds. The van der Waals surface area contributed by atoms with Crippen LogP contribution in [0.15, 0.2) is 24.5 Å². The Bertz CT molecular complexity index is 354. The summed E-state index contributed by atoms with van der Waals surface area (Å²) < 4.78 is 5.77. The molecular formula is C13H17NO2. The third kappa shape index (κ3) is 1.85. The third-order valence-corrected chi connectivity index (χ3v) is 3.81. The molecule has 4 atom stereocenters. The Labute approximate surface area is 95.5 Å². The van der Waals surface area contributed by atoms with E-state index in [0.717, 1.165) is 18.4 Å². The molecule has 2 aliphatic heterocycles. The van der Waals surface area contributed by atoms with E-state index in [0.29, 0.717) is 24.5 Å². The number of hydrogen-bond acceptors (Lipinski definition) is 3. The summed E-state index contributed by atoms with van der Waals surface area (Å²) in [4.78, 5) is 4.07. The van der Waals surface area contributed by atoms with Crippen molar-refractivity contribution in [2.24, 2.45) is 5.92 Å². The molecule has 1 aromatic heterocycles. The fraction of sp³-hybridized carbons (Fsp3) is 0.615. The molecule has 4 unspecified atom stereocenters. The number of hydrogen-bond donors (Lipinski definition) is 1. The van der Waals surface area contributed by atoms with Gasteiger partial charge in [0, 0.05) is 24.7 Å². The van der Waals surface area contributed by atoms with Gasteiger partial charge in [-0.15, -0.1) is 0 Å². The van der Waals surface area contributed by atoms with Gasteiger partial charge in [-0.2, -0.15) is 0 Å². The Morgan fingerprint density at radius 3 is 3.06 bits per heavy atom. The van der Waals surface area contributed by atoms with Crippen molar-refractivity contribution in [2.75, 3.05) is 0 Å². The monoisotopic (exact) mass is 219 g/mol. The largest absolute Gasteiger partial charge is 0.392 e. The standard InChI is InChI=1S/C13H17NO2/c15-12(6-9-2-1-5-14-8-9)11-7-10-3-4-13(11)16-10/h1-2,5,8,10-13,15H,3-4,6-7H2. The van der Waals surface area contributed by atoms with E-state index in [1.807, 2.05) is 18.3 Å². The number of pyridine rings is 1. The lowest BCUT2D eigenvalue weighted by Crippen LogP contribution is -2.30. The highest BCUT2D eigenvalue weighted by molar-refractivity contribution is 5.10. The summed E-state index contributed by atoms with van der Waals surface area (Å²) in [7, 11) is 0. The Hall–Kier alpha value is -0.930. The van der Waals surface area contributed by atoms with Crippen molar-refractivity contribution in [1.29, 1.82) is 0 Å². The summed E-state index contributed by atoms with van der Waals surface area (Å²) in [5, 5.41) is 10.2. The van der Waals surface area contributed by atoms with Crippen LogP contribution in [0.5, 0.6) is 0 Å². The highest BCUT2D eigenvalue weighted by Crippen LogP contribution is 2.40. The zero-order valence-corrected chi connectivity index (χ0v) is 9.25. The molecule has 86 valence electrons. The summed E-state index contributed by atoms with van der Waals surface area (Å²) >= 11 is 0. The zero-order chi connectivity index (χ0) is 11.0. The minimum atomic E-state index is -0.278. The normalized spacial score (nSPS) is 34.2. The molecule has 0 aromatic carbocycles. The van der Waals surface area contributed by atoms with Crippen LogP contribution >= 0.6 is 0 Å². The minimum absolute atomic E-state index is 0.278. The molecule has 2 bridgehead atoms. The molecule has 1 aromatic rings. The second kappa shape index (κ2) is 4.15. The third-order valence-electron chi connectivity index (χ3n) is 3.81. The molecule has 2 aliphatic rings. The van der Waals surface area contributed by atoms with Gasteiger partial charge in [-0.05, 0) is 30.9 Å². The van der Waals surface area contributed by atoms with Crippen LogP contribution in [0.2, 0.25) is 0 Å². The van der Waals surface area contributed by atoms with E-state index in [4.69, 9.17) is 4.74 Å². The summed E-state index contributed by atoms with van der Waals surface area (Å²) in [6, 6.07) is 3.93. The van der Waals surface area contributed by atoms with Crippen LogP contribution < -0.4 is 0 Å². The summed E-state index contributed by atoms with van der Waals surface area (Å²) in [6.45, 7) is 0. The molecular weight excluding hydrogens is 202 g/mol. The van der Waals surface area contributed by atoms with Crippen LogP contribution in [0.4, 0.5) is 0 Å². The van der Waals surface area contributed by atoms with Gasteiger partial charge < -0.3 is 9.84 Å². The van der Waals surface area contributed by atoms with Gasteiger partial charge in [-0.25, -0.2) is 0 Å². The number of aliphatic hydroxyl groups excluding tert-OH is 1. The first-order chi connectivity index (χ1) is 7.83. The van der Waals surface area contributed by atoms with Gasteiger partial charge in [-0.1, -0.05) is 6.07 Å². The Morgan fingerprint density at radius 1 is 1.50 bits per heavy atom. The SMILES string of the molecule is OC(Cc1cccnc1)C1CC2CCC1O2. The fourth-order valence-electron chi connectivity index (χ4n) is 2.99. The number of ether oxygens (including phenoxy) is 1. The first kappa shape index (κ1) is 10.2. The van der Waals surface area contributed by atoms with Gasteiger partial charge in [0.15, 0.2) is 0 Å². The van der Waals surface area contributed by atoms with Crippen molar-refractivity contribution >= 4 is 0 Å². The maximum Gasteiger partial charge on any atom is 0.0634 e. The highest BCUT2D eigenvalue weighted by atomic mass is 16.5. The molecule has 3 heteroatoms. The Balaban J connectivity index is 1.64. The summed E-state index contributed by atoms with van der Waals surface area (Å²) in [6.07, 6.45) is 8.07. The van der Waals surface area contributed by atoms with Crippen molar-refractivity contribution in [3.05, 3.63) is 30.1 Å². The van der Waals surface area contributed by atoms with Crippen LogP contribution in [-0.4, -0.2) is 28.4 Å². The van der Waals surface area contributed by atoms with Gasteiger partial charge in [0.2, 0.25) is 0 Å². The molecule has 3 nitrogen and oxygen atoms in total. The topological polar surface area (TPSA) is 42.4 Å². The summed E-state index contributed by atoms with van der Waals surface area (Å²) in [5.74, 6) is 0.332. The molecule has 0 aliphatic carbocycles.